The number of aliphatic hydroxyl groups excluding tert-OH is 1. The molecule has 4 heteroatoms. The predicted molar refractivity (Wildman–Crippen MR) is 39.1 cm³/mol. The summed E-state index contributed by atoms with van der Waals surface area (Å²) in [5.41, 5.74) is 0. The molecule has 1 amide bonds. The Kier molecular flexibility index (Phi) is 2.48. The largest absolute Gasteiger partial charge is 0.453 e. The number of nitrogens with one attached hydrogen (secondary N) is 1. The van der Waals surface area contributed by atoms with E-state index < -0.39 is 12.2 Å². The number of ether oxygens (including phenoxy) is 1. The molecule has 0 aromatic rings. The van der Waals surface area contributed by atoms with Gasteiger partial charge in [0.25, 0.3) is 0 Å². The van der Waals surface area contributed by atoms with Gasteiger partial charge < -0.3 is 15.2 Å². The number of hydrogen-bond acceptors (Lipinski definition) is 3. The van der Waals surface area contributed by atoms with Crippen LogP contribution in [0.4, 0.5) is 4.79 Å². The Labute approximate surface area is 64.9 Å². The lowest BCUT2D eigenvalue weighted by atomic mass is 10.2. The Morgan fingerprint density at radius 2 is 2.45 bits per heavy atom. The first-order valence-corrected chi connectivity index (χ1v) is 3.43. The van der Waals surface area contributed by atoms with Gasteiger partial charge in [-0.2, -0.15) is 0 Å². The smallest absolute Gasteiger partial charge is 0.407 e. The highest BCUT2D eigenvalue weighted by atomic mass is 16.5. The van der Waals surface area contributed by atoms with E-state index in [0.717, 1.165) is 0 Å². The van der Waals surface area contributed by atoms with Crippen LogP contribution in [0, 0.1) is 0 Å². The lowest BCUT2D eigenvalue weighted by Gasteiger charge is -2.09. The second-order valence-electron chi connectivity index (χ2n) is 2.43. The maximum Gasteiger partial charge on any atom is 0.407 e. The summed E-state index contributed by atoms with van der Waals surface area (Å²) < 4.78 is 4.38. The van der Waals surface area contributed by atoms with E-state index in [9.17, 15) is 4.79 Å². The zero-order valence-corrected chi connectivity index (χ0v) is 6.28. The third-order valence-electron chi connectivity index (χ3n) is 1.55. The molecular weight excluding hydrogens is 146 g/mol. The summed E-state index contributed by atoms with van der Waals surface area (Å²) in [5.74, 6) is 0. The van der Waals surface area contributed by atoms with E-state index in [-0.39, 0.29) is 6.04 Å². The van der Waals surface area contributed by atoms with Gasteiger partial charge in [0.2, 0.25) is 0 Å². The van der Waals surface area contributed by atoms with Crippen LogP contribution in [0.15, 0.2) is 12.2 Å². The number of amides is 1. The second kappa shape index (κ2) is 3.39. The van der Waals surface area contributed by atoms with Crippen LogP contribution in [-0.4, -0.2) is 30.5 Å². The molecule has 4 nitrogen and oxygen atoms in total. The molecule has 2 N–H and O–H groups in total. The minimum absolute atomic E-state index is 0.0857. The standard InChI is InChI=1S/C7H11NO3/c1-11-7(10)8-5-2-3-6(9)4-5/h2-3,5-6,9H,4H2,1H3,(H,8,10)/t5-,6+/m0/s1. The summed E-state index contributed by atoms with van der Waals surface area (Å²) in [6.45, 7) is 0. The van der Waals surface area contributed by atoms with Gasteiger partial charge >= 0.3 is 6.09 Å². The van der Waals surface area contributed by atoms with E-state index in [0.29, 0.717) is 6.42 Å². The minimum Gasteiger partial charge on any atom is -0.453 e. The fourth-order valence-electron chi connectivity index (χ4n) is 0.997. The first-order chi connectivity index (χ1) is 5.22. The molecule has 2 atom stereocenters. The molecule has 1 aliphatic rings. The van der Waals surface area contributed by atoms with Crippen LogP contribution in [0.25, 0.3) is 0 Å². The van der Waals surface area contributed by atoms with Crippen LogP contribution in [0.5, 0.6) is 0 Å². The zero-order chi connectivity index (χ0) is 8.27. The van der Waals surface area contributed by atoms with E-state index in [1.807, 2.05) is 0 Å². The average molecular weight is 157 g/mol. The molecule has 11 heavy (non-hydrogen) atoms. The Morgan fingerprint density at radius 3 is 2.91 bits per heavy atom. The molecule has 0 aromatic carbocycles. The summed E-state index contributed by atoms with van der Waals surface area (Å²) in [6.07, 6.45) is 3.04. The molecule has 62 valence electrons. The molecule has 0 spiro atoms. The second-order valence-corrected chi connectivity index (χ2v) is 2.43. The van der Waals surface area contributed by atoms with Crippen LogP contribution in [-0.2, 0) is 4.74 Å². The summed E-state index contributed by atoms with van der Waals surface area (Å²) >= 11 is 0. The van der Waals surface area contributed by atoms with Crippen molar-refractivity contribution in [1.82, 2.24) is 5.32 Å². The topological polar surface area (TPSA) is 58.6 Å². The molecule has 0 unspecified atom stereocenters. The first-order valence-electron chi connectivity index (χ1n) is 3.43. The molecule has 0 aromatic heterocycles. The molecule has 0 heterocycles. The molecule has 0 fully saturated rings. The van der Waals surface area contributed by atoms with Gasteiger partial charge in [0.15, 0.2) is 0 Å². The highest BCUT2D eigenvalue weighted by molar-refractivity contribution is 5.67. The van der Waals surface area contributed by atoms with E-state index >= 15 is 0 Å². The van der Waals surface area contributed by atoms with Crippen molar-refractivity contribution >= 4 is 6.09 Å². The SMILES string of the molecule is COC(=O)N[C@H]1C=C[C@@H](O)C1. The maximum atomic E-state index is 10.6. The van der Waals surface area contributed by atoms with Gasteiger partial charge in [0.05, 0.1) is 19.3 Å². The van der Waals surface area contributed by atoms with E-state index in [1.165, 1.54) is 7.11 Å². The Balaban J connectivity index is 2.29. The van der Waals surface area contributed by atoms with Gasteiger partial charge in [-0.15, -0.1) is 0 Å². The van der Waals surface area contributed by atoms with Crippen LogP contribution in [0.3, 0.4) is 0 Å². The minimum atomic E-state index is -0.464. The van der Waals surface area contributed by atoms with Gasteiger partial charge in [-0.05, 0) is 0 Å². The number of rotatable bonds is 1. The molecule has 0 saturated carbocycles. The monoisotopic (exact) mass is 157 g/mol. The molecule has 0 radical (unpaired) electrons. The Morgan fingerprint density at radius 1 is 1.73 bits per heavy atom. The number of carbonyl (C=O) groups excluding carboxylic acids is 1. The third kappa shape index (κ3) is 2.23. The van der Waals surface area contributed by atoms with Crippen molar-refractivity contribution in [1.29, 1.82) is 0 Å². The van der Waals surface area contributed by atoms with E-state index in [2.05, 4.69) is 10.1 Å². The van der Waals surface area contributed by atoms with Crippen LogP contribution in [0.1, 0.15) is 6.42 Å². The fraction of sp³-hybridized carbons (Fsp3) is 0.571. The molecule has 0 saturated heterocycles. The number of carbonyl (C=O) groups is 1. The van der Waals surface area contributed by atoms with Crippen LogP contribution in [0.2, 0.25) is 0 Å². The van der Waals surface area contributed by atoms with Crippen molar-refractivity contribution in [2.75, 3.05) is 7.11 Å². The van der Waals surface area contributed by atoms with Crippen molar-refractivity contribution in [2.24, 2.45) is 0 Å². The Bertz CT molecular complexity index is 179. The molecule has 0 bridgehead atoms. The molecule has 1 rings (SSSR count). The third-order valence-corrected chi connectivity index (χ3v) is 1.55. The van der Waals surface area contributed by atoms with Crippen LogP contribution >= 0.6 is 0 Å². The van der Waals surface area contributed by atoms with Gasteiger partial charge in [-0.25, -0.2) is 4.79 Å². The maximum absolute atomic E-state index is 10.6. The van der Waals surface area contributed by atoms with Gasteiger partial charge in [0, 0.05) is 6.42 Å². The van der Waals surface area contributed by atoms with Crippen molar-refractivity contribution in [3.8, 4) is 0 Å². The summed E-state index contributed by atoms with van der Waals surface area (Å²) in [5, 5.41) is 11.6. The van der Waals surface area contributed by atoms with Crippen molar-refractivity contribution < 1.29 is 14.6 Å². The average Bonchev–Trinajstić information content (AvgIpc) is 2.35. The molecule has 1 aliphatic carbocycles. The normalized spacial score (nSPS) is 28.5. The van der Waals surface area contributed by atoms with Crippen LogP contribution < -0.4 is 5.32 Å². The van der Waals surface area contributed by atoms with E-state index in [1.54, 1.807) is 12.2 Å². The van der Waals surface area contributed by atoms with Crippen molar-refractivity contribution in [3.05, 3.63) is 12.2 Å². The fourth-order valence-corrected chi connectivity index (χ4v) is 0.997. The molecular formula is C7H11NO3. The highest BCUT2D eigenvalue weighted by Gasteiger charge is 2.17. The Hall–Kier alpha value is -1.03. The summed E-state index contributed by atoms with van der Waals surface area (Å²) in [4.78, 5) is 10.6. The lowest BCUT2D eigenvalue weighted by molar-refractivity contribution is 0.164. The van der Waals surface area contributed by atoms with Crippen molar-refractivity contribution in [2.45, 2.75) is 18.6 Å². The number of aliphatic hydroxyl groups is 1. The number of alkyl carbamates (subject to hydrolysis) is 1. The summed E-state index contributed by atoms with van der Waals surface area (Å²) in [7, 11) is 1.31. The molecule has 0 aliphatic heterocycles. The highest BCUT2D eigenvalue weighted by Crippen LogP contribution is 2.09. The quantitative estimate of drug-likeness (QED) is 0.528. The van der Waals surface area contributed by atoms with Gasteiger partial charge in [-0.1, -0.05) is 12.2 Å². The van der Waals surface area contributed by atoms with E-state index in [4.69, 9.17) is 5.11 Å². The van der Waals surface area contributed by atoms with Crippen molar-refractivity contribution in [3.63, 3.8) is 0 Å². The number of methoxy groups -OCH3 is 1. The lowest BCUT2D eigenvalue weighted by Crippen LogP contribution is -2.32. The predicted octanol–water partition coefficient (Wildman–Crippen LogP) is 0.0318. The summed E-state index contributed by atoms with van der Waals surface area (Å²) in [6, 6.07) is -0.0857. The zero-order valence-electron chi connectivity index (χ0n) is 6.28. The van der Waals surface area contributed by atoms with Gasteiger partial charge in [-0.3, -0.25) is 0 Å². The first kappa shape index (κ1) is 8.07. The van der Waals surface area contributed by atoms with Gasteiger partial charge in [0.1, 0.15) is 0 Å². The number of hydrogen-bond donors (Lipinski definition) is 2.